The van der Waals surface area contributed by atoms with Crippen LogP contribution in [0.1, 0.15) is 11.3 Å². The Labute approximate surface area is 104 Å². The van der Waals surface area contributed by atoms with E-state index in [-0.39, 0.29) is 0 Å². The molecule has 0 aliphatic rings. The molecule has 1 heterocycles. The van der Waals surface area contributed by atoms with Crippen molar-refractivity contribution in [2.24, 2.45) is 7.05 Å². The maximum absolute atomic E-state index is 10.7. The third-order valence-corrected chi connectivity index (χ3v) is 3.04. The third-order valence-electron chi connectivity index (χ3n) is 3.04. The van der Waals surface area contributed by atoms with Crippen LogP contribution in [-0.4, -0.2) is 9.49 Å². The molecular formula is C13H11N3O2. The van der Waals surface area contributed by atoms with Gasteiger partial charge in [0.15, 0.2) is 6.07 Å². The van der Waals surface area contributed by atoms with E-state index in [0.29, 0.717) is 0 Å². The van der Waals surface area contributed by atoms with Crippen molar-refractivity contribution in [2.45, 2.75) is 6.92 Å². The van der Waals surface area contributed by atoms with E-state index in [9.17, 15) is 10.1 Å². The first-order chi connectivity index (χ1) is 8.56. The van der Waals surface area contributed by atoms with Gasteiger partial charge in [-0.2, -0.15) is 5.26 Å². The van der Waals surface area contributed by atoms with Crippen molar-refractivity contribution in [2.75, 3.05) is 0 Å². The number of hydrogen-bond acceptors (Lipinski definition) is 3. The van der Waals surface area contributed by atoms with E-state index in [1.54, 1.807) is 6.07 Å². The molecule has 0 amide bonds. The monoisotopic (exact) mass is 241 g/mol. The maximum Gasteiger partial charge on any atom is 0.346 e. The van der Waals surface area contributed by atoms with E-state index >= 15 is 0 Å². The summed E-state index contributed by atoms with van der Waals surface area (Å²) in [7, 11) is 1.90. The fourth-order valence-electron chi connectivity index (χ4n) is 1.99. The minimum atomic E-state index is -0.665. The van der Waals surface area contributed by atoms with Gasteiger partial charge in [-0.25, -0.2) is 0 Å². The summed E-state index contributed by atoms with van der Waals surface area (Å²) in [4.78, 5) is 10.0. The summed E-state index contributed by atoms with van der Waals surface area (Å²) >= 11 is 0. The van der Waals surface area contributed by atoms with Gasteiger partial charge in [0.05, 0.1) is 4.92 Å². The number of hydrogen-bond donors (Lipinski definition) is 0. The number of fused-ring (bicyclic) bond motifs is 1. The minimum Gasteiger partial charge on any atom is -0.347 e. The van der Waals surface area contributed by atoms with Gasteiger partial charge in [-0.1, -0.05) is 18.2 Å². The lowest BCUT2D eigenvalue weighted by atomic mass is 10.1. The lowest BCUT2D eigenvalue weighted by molar-refractivity contribution is -0.415. The van der Waals surface area contributed by atoms with Gasteiger partial charge in [0.2, 0.25) is 0 Å². The number of aryl methyl sites for hydroxylation is 1. The Hall–Kier alpha value is -2.61. The topological polar surface area (TPSA) is 71.9 Å². The van der Waals surface area contributed by atoms with Gasteiger partial charge in [-0.15, -0.1) is 0 Å². The molecule has 5 heteroatoms. The fourth-order valence-corrected chi connectivity index (χ4v) is 1.99. The molecule has 0 saturated carbocycles. The molecule has 90 valence electrons. The van der Waals surface area contributed by atoms with Gasteiger partial charge in [0.25, 0.3) is 0 Å². The van der Waals surface area contributed by atoms with Crippen LogP contribution in [-0.2, 0) is 7.05 Å². The molecule has 0 aliphatic heterocycles. The molecule has 0 N–H and O–H groups in total. The fraction of sp³-hybridized carbons (Fsp3) is 0.154. The summed E-state index contributed by atoms with van der Waals surface area (Å²) in [5.41, 5.74) is 2.16. The summed E-state index contributed by atoms with van der Waals surface area (Å²) in [6.07, 6.45) is 1.33. The van der Waals surface area contributed by atoms with Crippen LogP contribution in [0.15, 0.2) is 30.0 Å². The van der Waals surface area contributed by atoms with Crippen LogP contribution in [0.2, 0.25) is 0 Å². The minimum absolute atomic E-state index is 0.450. The molecule has 1 aromatic carbocycles. The highest BCUT2D eigenvalue weighted by Gasteiger charge is 2.15. The van der Waals surface area contributed by atoms with Gasteiger partial charge >= 0.3 is 5.70 Å². The Balaban J connectivity index is 2.77. The average Bonchev–Trinajstić information content (AvgIpc) is 2.60. The van der Waals surface area contributed by atoms with E-state index < -0.39 is 10.6 Å². The Morgan fingerprint density at radius 3 is 2.78 bits per heavy atom. The highest BCUT2D eigenvalue weighted by Crippen LogP contribution is 2.26. The van der Waals surface area contributed by atoms with Gasteiger partial charge in [-0.05, 0) is 13.0 Å². The number of nitro groups is 1. The molecule has 0 saturated heterocycles. The molecule has 2 aromatic rings. The van der Waals surface area contributed by atoms with Crippen molar-refractivity contribution >= 4 is 17.0 Å². The number of rotatable bonds is 2. The van der Waals surface area contributed by atoms with E-state index in [1.807, 2.05) is 42.8 Å². The molecule has 0 spiro atoms. The first kappa shape index (κ1) is 11.9. The van der Waals surface area contributed by atoms with Gasteiger partial charge in [0.1, 0.15) is 0 Å². The molecule has 18 heavy (non-hydrogen) atoms. The number of allylic oxidation sites excluding steroid dienone is 1. The smallest absolute Gasteiger partial charge is 0.346 e. The van der Waals surface area contributed by atoms with E-state index in [1.165, 1.54) is 6.08 Å². The summed E-state index contributed by atoms with van der Waals surface area (Å²) in [5.74, 6) is 0. The number of benzene rings is 1. The lowest BCUT2D eigenvalue weighted by Gasteiger charge is -1.97. The van der Waals surface area contributed by atoms with Crippen LogP contribution in [0, 0.1) is 28.4 Å². The Morgan fingerprint density at radius 1 is 1.50 bits per heavy atom. The molecule has 2 rings (SSSR count). The zero-order valence-corrected chi connectivity index (χ0v) is 10.0. The lowest BCUT2D eigenvalue weighted by Crippen LogP contribution is -1.96. The number of nitriles is 1. The summed E-state index contributed by atoms with van der Waals surface area (Å²) in [6, 6.07) is 9.22. The predicted octanol–water partition coefficient (Wildman–Crippen LogP) is 2.63. The molecule has 5 nitrogen and oxygen atoms in total. The normalized spacial score (nSPS) is 11.5. The first-order valence-electron chi connectivity index (χ1n) is 5.36. The van der Waals surface area contributed by atoms with Crippen molar-refractivity contribution in [3.63, 3.8) is 0 Å². The summed E-state index contributed by atoms with van der Waals surface area (Å²) in [5, 5.41) is 20.4. The first-order valence-corrected chi connectivity index (χ1v) is 5.36. The second kappa shape index (κ2) is 4.34. The Kier molecular flexibility index (Phi) is 2.86. The van der Waals surface area contributed by atoms with Crippen LogP contribution in [0.25, 0.3) is 17.0 Å². The zero-order chi connectivity index (χ0) is 13.3. The number of aromatic nitrogens is 1. The van der Waals surface area contributed by atoms with Gasteiger partial charge in [0, 0.05) is 35.3 Å². The van der Waals surface area contributed by atoms with Gasteiger partial charge < -0.3 is 4.57 Å². The standard InChI is InChI=1S/C13H11N3O2/c1-9-12(7-10(8-14)16(17)18)11-5-3-4-6-13(11)15(9)2/h3-7H,1-2H3. The van der Waals surface area contributed by atoms with Crippen LogP contribution < -0.4 is 0 Å². The average molecular weight is 241 g/mol. The largest absolute Gasteiger partial charge is 0.347 e. The van der Waals surface area contributed by atoms with Crippen LogP contribution in [0.3, 0.4) is 0 Å². The second-order valence-corrected chi connectivity index (χ2v) is 3.97. The van der Waals surface area contributed by atoms with Crippen LogP contribution >= 0.6 is 0 Å². The predicted molar refractivity (Wildman–Crippen MR) is 68.2 cm³/mol. The van der Waals surface area contributed by atoms with E-state index in [0.717, 1.165) is 22.2 Å². The van der Waals surface area contributed by atoms with Gasteiger partial charge in [-0.3, -0.25) is 10.1 Å². The quantitative estimate of drug-likeness (QED) is 0.461. The molecule has 1 aromatic heterocycles. The van der Waals surface area contributed by atoms with Crippen LogP contribution in [0.4, 0.5) is 0 Å². The summed E-state index contributed by atoms with van der Waals surface area (Å²) in [6.45, 7) is 1.88. The highest BCUT2D eigenvalue weighted by atomic mass is 16.6. The molecular weight excluding hydrogens is 230 g/mol. The van der Waals surface area contributed by atoms with E-state index in [2.05, 4.69) is 0 Å². The van der Waals surface area contributed by atoms with Crippen molar-refractivity contribution < 1.29 is 4.92 Å². The highest BCUT2D eigenvalue weighted by molar-refractivity contribution is 5.91. The van der Waals surface area contributed by atoms with Crippen molar-refractivity contribution in [3.8, 4) is 6.07 Å². The molecule has 0 atom stereocenters. The second-order valence-electron chi connectivity index (χ2n) is 3.97. The zero-order valence-electron chi connectivity index (χ0n) is 10.0. The molecule has 0 bridgehead atoms. The molecule has 0 fully saturated rings. The van der Waals surface area contributed by atoms with Crippen LogP contribution in [0.5, 0.6) is 0 Å². The third kappa shape index (κ3) is 1.74. The number of para-hydroxylation sites is 1. The molecule has 0 radical (unpaired) electrons. The van der Waals surface area contributed by atoms with Crippen molar-refractivity contribution in [3.05, 3.63) is 51.3 Å². The Bertz CT molecular complexity index is 705. The van der Waals surface area contributed by atoms with Crippen molar-refractivity contribution in [1.29, 1.82) is 5.26 Å². The SMILES string of the molecule is Cc1c(C=C(C#N)[N+](=O)[O-])c2ccccc2n1C. The molecule has 0 aliphatic carbocycles. The van der Waals surface area contributed by atoms with E-state index in [4.69, 9.17) is 5.26 Å². The molecule has 0 unspecified atom stereocenters. The van der Waals surface area contributed by atoms with Crippen molar-refractivity contribution in [1.82, 2.24) is 4.57 Å². The Morgan fingerprint density at radius 2 is 2.17 bits per heavy atom. The maximum atomic E-state index is 10.7. The summed E-state index contributed by atoms with van der Waals surface area (Å²) < 4.78 is 1.95. The number of nitrogens with zero attached hydrogens (tertiary/aromatic N) is 3.